The molecule has 0 atom stereocenters. The third-order valence-electron chi connectivity index (χ3n) is 4.49. The molecule has 25 heavy (non-hydrogen) atoms. The van der Waals surface area contributed by atoms with Crippen molar-refractivity contribution in [2.75, 3.05) is 0 Å². The number of thioether (sulfide) groups is 1. The van der Waals surface area contributed by atoms with Crippen LogP contribution in [0.2, 0.25) is 0 Å². The fraction of sp³-hybridized carbons (Fsp3) is 0.529. The highest BCUT2D eigenvalue weighted by Gasteiger charge is 2.25. The Morgan fingerprint density at radius 2 is 2.12 bits per heavy atom. The van der Waals surface area contributed by atoms with E-state index in [1.54, 1.807) is 18.0 Å². The lowest BCUT2D eigenvalue weighted by molar-refractivity contribution is 0.337. The van der Waals surface area contributed by atoms with Crippen LogP contribution in [-0.4, -0.2) is 24.9 Å². The quantitative estimate of drug-likeness (QED) is 0.607. The third-order valence-corrected chi connectivity index (χ3v) is 5.43. The Bertz CT molecular complexity index is 805. The zero-order valence-electron chi connectivity index (χ0n) is 14.2. The number of nitrogens with zero attached hydrogens (tertiary/aromatic N) is 5. The van der Waals surface area contributed by atoms with Crippen LogP contribution in [0.5, 0.6) is 0 Å². The first kappa shape index (κ1) is 16.4. The summed E-state index contributed by atoms with van der Waals surface area (Å²) in [6, 6.07) is 4.24. The van der Waals surface area contributed by atoms with Crippen molar-refractivity contribution in [3.05, 3.63) is 30.1 Å². The second kappa shape index (κ2) is 7.43. The molecule has 0 aromatic carbocycles. The number of rotatable bonds is 6. The second-order valence-corrected chi connectivity index (χ2v) is 7.13. The molecule has 0 amide bonds. The van der Waals surface area contributed by atoms with Gasteiger partial charge in [-0.05, 0) is 25.0 Å². The number of aromatic nitrogens is 5. The van der Waals surface area contributed by atoms with Gasteiger partial charge in [-0.25, -0.2) is 0 Å². The average Bonchev–Trinajstić information content (AvgIpc) is 3.39. The molecule has 1 aliphatic carbocycles. The van der Waals surface area contributed by atoms with Crippen molar-refractivity contribution >= 4 is 11.8 Å². The molecule has 3 aromatic rings. The van der Waals surface area contributed by atoms with E-state index in [9.17, 15) is 0 Å². The van der Waals surface area contributed by atoms with Gasteiger partial charge in [0.25, 0.3) is 0 Å². The summed E-state index contributed by atoms with van der Waals surface area (Å²) in [6.45, 7) is 2.00. The molecule has 132 valence electrons. The lowest BCUT2D eigenvalue weighted by Crippen LogP contribution is -2.15. The Hall–Kier alpha value is -2.09. The predicted octanol–water partition coefficient (Wildman–Crippen LogP) is 4.28. The fourth-order valence-corrected chi connectivity index (χ4v) is 4.09. The molecule has 0 bridgehead atoms. The maximum Gasteiger partial charge on any atom is 0.226 e. The van der Waals surface area contributed by atoms with Crippen LogP contribution in [0.1, 0.15) is 56.8 Å². The second-order valence-electron chi connectivity index (χ2n) is 6.19. The zero-order valence-corrected chi connectivity index (χ0v) is 15.0. The molecular weight excluding hydrogens is 338 g/mol. The molecule has 1 aliphatic rings. The summed E-state index contributed by atoms with van der Waals surface area (Å²) in [6.07, 6.45) is 8.53. The summed E-state index contributed by atoms with van der Waals surface area (Å²) in [5, 5.41) is 13.7. The van der Waals surface area contributed by atoms with Crippen LogP contribution >= 0.6 is 11.8 Å². The summed E-state index contributed by atoms with van der Waals surface area (Å²) < 4.78 is 13.0. The maximum absolute atomic E-state index is 5.57. The zero-order chi connectivity index (χ0) is 17.1. The molecule has 0 radical (unpaired) electrons. The Labute approximate surface area is 150 Å². The molecule has 1 saturated carbocycles. The Balaban J connectivity index is 1.60. The van der Waals surface area contributed by atoms with Gasteiger partial charge in [-0.3, -0.25) is 4.57 Å². The van der Waals surface area contributed by atoms with Crippen LogP contribution in [-0.2, 0) is 12.2 Å². The highest BCUT2D eigenvalue weighted by Crippen LogP contribution is 2.36. The van der Waals surface area contributed by atoms with Crippen LogP contribution < -0.4 is 0 Å². The van der Waals surface area contributed by atoms with E-state index < -0.39 is 0 Å². The van der Waals surface area contributed by atoms with E-state index in [1.807, 2.05) is 19.1 Å². The molecule has 0 aliphatic heterocycles. The van der Waals surface area contributed by atoms with Gasteiger partial charge in [0.1, 0.15) is 0 Å². The summed E-state index contributed by atoms with van der Waals surface area (Å²) in [7, 11) is 0. The first-order valence-electron chi connectivity index (χ1n) is 8.78. The molecule has 7 nitrogen and oxygen atoms in total. The highest BCUT2D eigenvalue weighted by molar-refractivity contribution is 7.98. The highest BCUT2D eigenvalue weighted by atomic mass is 32.2. The molecule has 0 unspecified atom stereocenters. The first-order valence-corrected chi connectivity index (χ1v) is 9.76. The summed E-state index contributed by atoms with van der Waals surface area (Å²) >= 11 is 1.60. The number of hydrogen-bond acceptors (Lipinski definition) is 7. The van der Waals surface area contributed by atoms with E-state index in [2.05, 4.69) is 24.9 Å². The normalized spacial score (nSPS) is 15.7. The summed E-state index contributed by atoms with van der Waals surface area (Å²) in [5.74, 6) is 3.55. The SMILES string of the molecule is CCc1nc(CSc2nnc(-c3ccco3)n2C2CCCCC2)no1. The Morgan fingerprint density at radius 1 is 1.24 bits per heavy atom. The molecule has 3 aromatic heterocycles. The van der Waals surface area contributed by atoms with E-state index in [4.69, 9.17) is 8.94 Å². The molecule has 0 N–H and O–H groups in total. The van der Waals surface area contributed by atoms with Crippen LogP contribution in [0, 0.1) is 0 Å². The minimum atomic E-state index is 0.419. The molecule has 3 heterocycles. The molecule has 0 saturated heterocycles. The lowest BCUT2D eigenvalue weighted by atomic mass is 9.95. The minimum absolute atomic E-state index is 0.419. The van der Waals surface area contributed by atoms with Crippen molar-refractivity contribution in [1.29, 1.82) is 0 Å². The van der Waals surface area contributed by atoms with E-state index in [1.165, 1.54) is 19.3 Å². The molecule has 1 fully saturated rings. The van der Waals surface area contributed by atoms with Gasteiger partial charge in [0.05, 0.1) is 12.0 Å². The fourth-order valence-electron chi connectivity index (χ4n) is 3.24. The molecule has 8 heteroatoms. The summed E-state index contributed by atoms with van der Waals surface area (Å²) in [4.78, 5) is 4.37. The van der Waals surface area contributed by atoms with E-state index >= 15 is 0 Å². The van der Waals surface area contributed by atoms with Gasteiger partial charge < -0.3 is 8.94 Å². The van der Waals surface area contributed by atoms with Gasteiger partial charge in [-0.1, -0.05) is 43.1 Å². The van der Waals surface area contributed by atoms with Crippen molar-refractivity contribution in [2.24, 2.45) is 0 Å². The van der Waals surface area contributed by atoms with Crippen LogP contribution in [0.15, 0.2) is 32.5 Å². The van der Waals surface area contributed by atoms with Crippen molar-refractivity contribution in [3.8, 4) is 11.6 Å². The predicted molar refractivity (Wildman–Crippen MR) is 93.1 cm³/mol. The van der Waals surface area contributed by atoms with Crippen molar-refractivity contribution in [1.82, 2.24) is 24.9 Å². The monoisotopic (exact) mass is 359 g/mol. The van der Waals surface area contributed by atoms with Crippen molar-refractivity contribution in [3.63, 3.8) is 0 Å². The van der Waals surface area contributed by atoms with Crippen LogP contribution in [0.3, 0.4) is 0 Å². The maximum atomic E-state index is 5.57. The van der Waals surface area contributed by atoms with Crippen LogP contribution in [0.4, 0.5) is 0 Å². The number of hydrogen-bond donors (Lipinski definition) is 0. The van der Waals surface area contributed by atoms with Gasteiger partial charge in [0.15, 0.2) is 16.7 Å². The molecular formula is C17H21N5O2S. The van der Waals surface area contributed by atoms with Gasteiger partial charge in [0.2, 0.25) is 11.7 Å². The standard InChI is InChI=1S/C17H21N5O2S/c1-2-15-18-14(21-24-15)11-25-17-20-19-16(13-9-6-10-23-13)22(17)12-7-4-3-5-8-12/h6,9-10,12H,2-5,7-8,11H2,1H3. The van der Waals surface area contributed by atoms with Crippen LogP contribution in [0.25, 0.3) is 11.6 Å². The third kappa shape index (κ3) is 3.49. The Morgan fingerprint density at radius 3 is 2.84 bits per heavy atom. The van der Waals surface area contributed by atoms with Crippen molar-refractivity contribution < 1.29 is 8.94 Å². The molecule has 4 rings (SSSR count). The number of aryl methyl sites for hydroxylation is 1. The lowest BCUT2D eigenvalue weighted by Gasteiger charge is -2.25. The molecule has 0 spiro atoms. The average molecular weight is 359 g/mol. The van der Waals surface area contributed by atoms with Gasteiger partial charge >= 0.3 is 0 Å². The topological polar surface area (TPSA) is 82.8 Å². The van der Waals surface area contributed by atoms with E-state index in [-0.39, 0.29) is 0 Å². The largest absolute Gasteiger partial charge is 0.461 e. The van der Waals surface area contributed by atoms with Crippen molar-refractivity contribution in [2.45, 2.75) is 62.4 Å². The van der Waals surface area contributed by atoms with Gasteiger partial charge in [-0.2, -0.15) is 4.98 Å². The summed E-state index contributed by atoms with van der Waals surface area (Å²) in [5.41, 5.74) is 0. The van der Waals surface area contributed by atoms with Gasteiger partial charge in [0, 0.05) is 12.5 Å². The minimum Gasteiger partial charge on any atom is -0.461 e. The van der Waals surface area contributed by atoms with E-state index in [0.717, 1.165) is 36.0 Å². The smallest absolute Gasteiger partial charge is 0.226 e. The first-order chi connectivity index (χ1) is 12.3. The van der Waals surface area contributed by atoms with E-state index in [0.29, 0.717) is 23.5 Å². The Kier molecular flexibility index (Phi) is 4.87. The van der Waals surface area contributed by atoms with Gasteiger partial charge in [-0.15, -0.1) is 10.2 Å². The number of furan rings is 1.